The monoisotopic (exact) mass is 316 g/mol. The van der Waals surface area contributed by atoms with E-state index in [0.29, 0.717) is 23.8 Å². The van der Waals surface area contributed by atoms with Gasteiger partial charge in [0.05, 0.1) is 0 Å². The molecule has 2 aromatic carbocycles. The molecule has 0 saturated carbocycles. The molecule has 0 radical (unpaired) electrons. The van der Waals surface area contributed by atoms with Gasteiger partial charge in [0.25, 0.3) is 0 Å². The molecule has 4 aromatic rings. The number of aromatic nitrogens is 3. The topological polar surface area (TPSA) is 63.8 Å². The van der Waals surface area contributed by atoms with E-state index in [1.54, 1.807) is 0 Å². The van der Waals surface area contributed by atoms with Gasteiger partial charge in [-0.3, -0.25) is 0 Å². The van der Waals surface area contributed by atoms with E-state index in [1.165, 1.54) is 5.56 Å². The Balaban J connectivity index is 1.73. The maximum atomic E-state index is 5.54. The first-order chi connectivity index (χ1) is 11.8. The summed E-state index contributed by atoms with van der Waals surface area (Å²) >= 11 is 0. The highest BCUT2D eigenvalue weighted by Crippen LogP contribution is 2.30. The summed E-state index contributed by atoms with van der Waals surface area (Å²) in [5.74, 6) is 1.34. The number of hydrogen-bond acceptors (Lipinski definition) is 5. The van der Waals surface area contributed by atoms with Crippen LogP contribution in [0.2, 0.25) is 0 Å². The summed E-state index contributed by atoms with van der Waals surface area (Å²) in [6, 6.07) is 20.0. The second-order valence-electron chi connectivity index (χ2n) is 5.53. The largest absolute Gasteiger partial charge is 0.363 e. The molecule has 0 aliphatic rings. The van der Waals surface area contributed by atoms with Gasteiger partial charge >= 0.3 is 0 Å². The van der Waals surface area contributed by atoms with Crippen molar-refractivity contribution in [2.24, 2.45) is 0 Å². The van der Waals surface area contributed by atoms with E-state index in [0.717, 1.165) is 16.8 Å². The Morgan fingerprint density at radius 3 is 2.38 bits per heavy atom. The quantitative estimate of drug-likeness (QED) is 0.611. The summed E-state index contributed by atoms with van der Waals surface area (Å²) in [6.45, 7) is 2.53. The van der Waals surface area contributed by atoms with Crippen LogP contribution in [0.1, 0.15) is 11.4 Å². The molecule has 5 nitrogen and oxygen atoms in total. The van der Waals surface area contributed by atoms with Gasteiger partial charge in [-0.05, 0) is 12.5 Å². The molecule has 0 fully saturated rings. The Bertz CT molecular complexity index is 965. The number of benzene rings is 2. The summed E-state index contributed by atoms with van der Waals surface area (Å²) < 4.78 is 5.54. The highest BCUT2D eigenvalue weighted by atomic mass is 16.5. The summed E-state index contributed by atoms with van der Waals surface area (Å²) in [5.41, 5.74) is 4.19. The Labute approximate surface area is 139 Å². The second kappa shape index (κ2) is 6.12. The highest BCUT2D eigenvalue weighted by Gasteiger charge is 2.17. The van der Waals surface area contributed by atoms with Crippen molar-refractivity contribution in [1.82, 2.24) is 15.1 Å². The molecule has 0 bridgehead atoms. The molecular weight excluding hydrogens is 300 g/mol. The van der Waals surface area contributed by atoms with Gasteiger partial charge in [0.15, 0.2) is 5.82 Å². The summed E-state index contributed by atoms with van der Waals surface area (Å²) in [6.07, 6.45) is 0. The lowest BCUT2D eigenvalue weighted by Gasteiger charge is -2.06. The normalized spacial score (nSPS) is 10.9. The zero-order chi connectivity index (χ0) is 16.4. The smallest absolute Gasteiger partial charge is 0.228 e. The van der Waals surface area contributed by atoms with E-state index in [1.807, 2.05) is 55.5 Å². The van der Waals surface area contributed by atoms with Crippen LogP contribution in [-0.4, -0.2) is 15.1 Å². The van der Waals surface area contributed by atoms with Crippen molar-refractivity contribution in [2.75, 3.05) is 5.32 Å². The molecule has 0 amide bonds. The molecule has 118 valence electrons. The number of rotatable bonds is 4. The summed E-state index contributed by atoms with van der Waals surface area (Å²) in [4.78, 5) is 8.99. The Morgan fingerprint density at radius 1 is 0.917 bits per heavy atom. The van der Waals surface area contributed by atoms with Gasteiger partial charge in [-0.1, -0.05) is 65.8 Å². The number of anilines is 1. The molecule has 4 rings (SSSR count). The van der Waals surface area contributed by atoms with Crippen molar-refractivity contribution in [3.63, 3.8) is 0 Å². The van der Waals surface area contributed by atoms with Gasteiger partial charge < -0.3 is 9.84 Å². The lowest BCUT2D eigenvalue weighted by atomic mass is 10.1. The third kappa shape index (κ3) is 2.72. The van der Waals surface area contributed by atoms with Crippen LogP contribution < -0.4 is 5.32 Å². The molecule has 24 heavy (non-hydrogen) atoms. The van der Waals surface area contributed by atoms with Crippen molar-refractivity contribution in [1.29, 1.82) is 0 Å². The van der Waals surface area contributed by atoms with Gasteiger partial charge in [0.1, 0.15) is 17.0 Å². The molecule has 5 heteroatoms. The van der Waals surface area contributed by atoms with E-state index in [-0.39, 0.29) is 0 Å². The van der Waals surface area contributed by atoms with Gasteiger partial charge in [-0.15, -0.1) is 0 Å². The molecule has 2 heterocycles. The number of fused-ring (bicyclic) bond motifs is 1. The fourth-order valence-corrected chi connectivity index (χ4v) is 2.63. The molecule has 0 unspecified atom stereocenters. The third-order valence-corrected chi connectivity index (χ3v) is 3.78. The van der Waals surface area contributed by atoms with E-state index < -0.39 is 0 Å². The van der Waals surface area contributed by atoms with Crippen LogP contribution in [0, 0.1) is 6.92 Å². The van der Waals surface area contributed by atoms with Gasteiger partial charge in [0.2, 0.25) is 5.58 Å². The first kappa shape index (κ1) is 14.4. The van der Waals surface area contributed by atoms with Crippen molar-refractivity contribution >= 4 is 16.9 Å². The highest BCUT2D eigenvalue weighted by molar-refractivity contribution is 5.93. The summed E-state index contributed by atoms with van der Waals surface area (Å²) in [7, 11) is 0. The average molecular weight is 316 g/mol. The minimum absolute atomic E-state index is 0.579. The fourth-order valence-electron chi connectivity index (χ4n) is 2.63. The molecule has 0 atom stereocenters. The van der Waals surface area contributed by atoms with Crippen LogP contribution in [0.5, 0.6) is 0 Å². The molecule has 2 aromatic heterocycles. The van der Waals surface area contributed by atoms with Crippen LogP contribution in [0.15, 0.2) is 65.2 Å². The van der Waals surface area contributed by atoms with E-state index >= 15 is 0 Å². The van der Waals surface area contributed by atoms with Crippen molar-refractivity contribution in [3.8, 4) is 11.3 Å². The Hall–Kier alpha value is -3.21. The minimum atomic E-state index is 0.579. The van der Waals surface area contributed by atoms with Gasteiger partial charge in [-0.25, -0.2) is 9.97 Å². The van der Waals surface area contributed by atoms with E-state index in [2.05, 4.69) is 32.6 Å². The van der Waals surface area contributed by atoms with Crippen molar-refractivity contribution < 1.29 is 4.52 Å². The SMILES string of the molecule is Cc1nc(NCc2ccccc2)c2onc(-c3ccccc3)c2n1. The number of hydrogen-bond donors (Lipinski definition) is 1. The molecule has 1 N–H and O–H groups in total. The zero-order valence-corrected chi connectivity index (χ0v) is 13.2. The fraction of sp³-hybridized carbons (Fsp3) is 0.105. The van der Waals surface area contributed by atoms with Crippen LogP contribution in [0.3, 0.4) is 0 Å². The predicted molar refractivity (Wildman–Crippen MR) is 93.5 cm³/mol. The van der Waals surface area contributed by atoms with Crippen LogP contribution >= 0.6 is 0 Å². The Morgan fingerprint density at radius 2 is 1.62 bits per heavy atom. The lowest BCUT2D eigenvalue weighted by Crippen LogP contribution is -2.03. The standard InChI is InChI=1S/C19H16N4O/c1-13-21-17-16(15-10-6-3-7-11-15)23-24-18(17)19(22-13)20-12-14-8-4-2-5-9-14/h2-11H,12H2,1H3,(H,20,21,22). The van der Waals surface area contributed by atoms with Crippen molar-refractivity contribution in [3.05, 3.63) is 72.1 Å². The Kier molecular flexibility index (Phi) is 3.67. The molecule has 0 aliphatic heterocycles. The molecule has 0 spiro atoms. The first-order valence-corrected chi connectivity index (χ1v) is 7.78. The van der Waals surface area contributed by atoms with E-state index in [9.17, 15) is 0 Å². The lowest BCUT2D eigenvalue weighted by molar-refractivity contribution is 0.459. The summed E-state index contributed by atoms with van der Waals surface area (Å²) in [5, 5.41) is 7.53. The number of nitrogens with zero attached hydrogens (tertiary/aromatic N) is 3. The number of aryl methyl sites for hydroxylation is 1. The minimum Gasteiger partial charge on any atom is -0.363 e. The maximum absolute atomic E-state index is 5.54. The maximum Gasteiger partial charge on any atom is 0.228 e. The molecular formula is C19H16N4O. The average Bonchev–Trinajstić information content (AvgIpc) is 3.05. The van der Waals surface area contributed by atoms with Crippen LogP contribution in [-0.2, 0) is 6.54 Å². The van der Waals surface area contributed by atoms with Crippen LogP contribution in [0.25, 0.3) is 22.4 Å². The zero-order valence-electron chi connectivity index (χ0n) is 13.2. The van der Waals surface area contributed by atoms with Gasteiger partial charge in [0, 0.05) is 12.1 Å². The first-order valence-electron chi connectivity index (χ1n) is 7.78. The molecule has 0 saturated heterocycles. The molecule has 0 aliphatic carbocycles. The second-order valence-corrected chi connectivity index (χ2v) is 5.53. The van der Waals surface area contributed by atoms with Crippen molar-refractivity contribution in [2.45, 2.75) is 13.5 Å². The van der Waals surface area contributed by atoms with E-state index in [4.69, 9.17) is 4.52 Å². The predicted octanol–water partition coefficient (Wildman–Crippen LogP) is 4.21. The van der Waals surface area contributed by atoms with Crippen LogP contribution in [0.4, 0.5) is 5.82 Å². The number of nitrogens with one attached hydrogen (secondary N) is 1. The third-order valence-electron chi connectivity index (χ3n) is 3.78. The van der Waals surface area contributed by atoms with Gasteiger partial charge in [-0.2, -0.15) is 0 Å².